The molecule has 0 spiro atoms. The van der Waals surface area contributed by atoms with E-state index in [1.54, 1.807) is 50.2 Å². The lowest BCUT2D eigenvalue weighted by Gasteiger charge is -2.49. The molecule has 30 heavy (non-hydrogen) atoms. The largest absolute Gasteiger partial charge is 0.496 e. The number of aromatic nitrogens is 2. The van der Waals surface area contributed by atoms with Crippen LogP contribution in [0.15, 0.2) is 48.8 Å². The molecule has 0 bridgehead atoms. The molecule has 0 saturated carbocycles. The summed E-state index contributed by atoms with van der Waals surface area (Å²) in [5.41, 5.74) is -2.51. The summed E-state index contributed by atoms with van der Waals surface area (Å²) in [6.07, 6.45) is -2.34. The van der Waals surface area contributed by atoms with E-state index in [9.17, 15) is 18.3 Å². The molecule has 2 N–H and O–H groups in total. The second-order valence-corrected chi connectivity index (χ2v) is 8.28. The highest BCUT2D eigenvalue weighted by Gasteiger charge is 2.64. The Morgan fingerprint density at radius 1 is 1.10 bits per heavy atom. The van der Waals surface area contributed by atoms with Crippen molar-refractivity contribution < 1.29 is 23.0 Å². The van der Waals surface area contributed by atoms with Gasteiger partial charge in [0.1, 0.15) is 5.75 Å². The SMILES string of the molecule is COc1cccc2c1C(C)(C)CC(O)(C(F)(F)F)C2Nc1cccc2cnncc12. The number of fused-ring (bicyclic) bond motifs is 2. The standard InChI is InChI=1S/C22H22F3N3O2/c1-20(2)12-21(29,22(23,24)25)19(14-7-5-9-17(30-3)18(14)20)28-16-8-4-6-13-10-26-27-11-15(13)16/h4-11,19,28-29H,12H2,1-3H3. The maximum atomic E-state index is 14.3. The molecule has 3 aromatic rings. The van der Waals surface area contributed by atoms with E-state index in [-0.39, 0.29) is 0 Å². The molecule has 1 heterocycles. The maximum Gasteiger partial charge on any atom is 0.419 e. The third-order valence-electron chi connectivity index (χ3n) is 5.84. The van der Waals surface area contributed by atoms with E-state index < -0.39 is 29.7 Å². The average Bonchev–Trinajstić information content (AvgIpc) is 2.69. The van der Waals surface area contributed by atoms with E-state index in [1.807, 2.05) is 0 Å². The number of alkyl halides is 3. The van der Waals surface area contributed by atoms with Crippen molar-refractivity contribution in [3.05, 3.63) is 59.9 Å². The smallest absolute Gasteiger partial charge is 0.419 e. The van der Waals surface area contributed by atoms with E-state index in [0.29, 0.717) is 28.0 Å². The number of hydrogen-bond acceptors (Lipinski definition) is 5. The van der Waals surface area contributed by atoms with Crippen molar-refractivity contribution in [1.29, 1.82) is 0 Å². The van der Waals surface area contributed by atoms with Crippen LogP contribution in [0.4, 0.5) is 18.9 Å². The van der Waals surface area contributed by atoms with Crippen molar-refractivity contribution >= 4 is 16.5 Å². The summed E-state index contributed by atoms with van der Waals surface area (Å²) in [4.78, 5) is 0. The van der Waals surface area contributed by atoms with Gasteiger partial charge in [-0.1, -0.05) is 38.1 Å². The van der Waals surface area contributed by atoms with Crippen LogP contribution in [0.5, 0.6) is 5.75 Å². The highest BCUT2D eigenvalue weighted by Crippen LogP contribution is 2.56. The molecule has 8 heteroatoms. The Bertz CT molecular complexity index is 1100. The molecular weight excluding hydrogens is 395 g/mol. The number of rotatable bonds is 3. The van der Waals surface area contributed by atoms with Gasteiger partial charge in [-0.3, -0.25) is 0 Å². The third-order valence-corrected chi connectivity index (χ3v) is 5.84. The molecule has 2 aromatic carbocycles. The molecule has 0 fully saturated rings. The summed E-state index contributed by atoms with van der Waals surface area (Å²) in [7, 11) is 1.49. The number of ether oxygens (including phenoxy) is 1. The van der Waals surface area contributed by atoms with Gasteiger partial charge in [-0.2, -0.15) is 23.4 Å². The lowest BCUT2D eigenvalue weighted by atomic mass is 9.63. The van der Waals surface area contributed by atoms with Crippen LogP contribution >= 0.6 is 0 Å². The lowest BCUT2D eigenvalue weighted by molar-refractivity contribution is -0.275. The van der Waals surface area contributed by atoms with Gasteiger partial charge < -0.3 is 15.2 Å². The second-order valence-electron chi connectivity index (χ2n) is 8.28. The molecule has 0 saturated heterocycles. The van der Waals surface area contributed by atoms with Crippen LogP contribution in [0.3, 0.4) is 0 Å². The van der Waals surface area contributed by atoms with Crippen LogP contribution in [-0.4, -0.2) is 34.2 Å². The summed E-state index contributed by atoms with van der Waals surface area (Å²) in [6, 6.07) is 8.72. The van der Waals surface area contributed by atoms with Crippen molar-refractivity contribution in [1.82, 2.24) is 10.2 Å². The zero-order valence-electron chi connectivity index (χ0n) is 16.8. The number of benzene rings is 2. The number of hydrogen-bond donors (Lipinski definition) is 2. The number of aliphatic hydroxyl groups is 1. The summed E-state index contributed by atoms with van der Waals surface area (Å²) < 4.78 is 48.3. The first kappa shape index (κ1) is 20.4. The van der Waals surface area contributed by atoms with Crippen LogP contribution in [0.25, 0.3) is 10.8 Å². The average molecular weight is 417 g/mol. The predicted octanol–water partition coefficient (Wildman–Crippen LogP) is 4.77. The summed E-state index contributed by atoms with van der Waals surface area (Å²) in [5, 5.41) is 23.1. The van der Waals surface area contributed by atoms with Gasteiger partial charge in [0.2, 0.25) is 0 Å². The van der Waals surface area contributed by atoms with Gasteiger partial charge in [-0.25, -0.2) is 0 Å². The van der Waals surface area contributed by atoms with Crippen LogP contribution in [-0.2, 0) is 5.41 Å². The molecule has 0 radical (unpaired) electrons. The van der Waals surface area contributed by atoms with Crippen LogP contribution in [0, 0.1) is 0 Å². The van der Waals surface area contributed by atoms with E-state index in [1.165, 1.54) is 19.5 Å². The minimum atomic E-state index is -4.85. The first-order chi connectivity index (χ1) is 14.1. The molecule has 1 aliphatic carbocycles. The Morgan fingerprint density at radius 3 is 2.50 bits per heavy atom. The normalized spacial score (nSPS) is 23.1. The monoisotopic (exact) mass is 417 g/mol. The maximum absolute atomic E-state index is 14.3. The van der Waals surface area contributed by atoms with Gasteiger partial charge >= 0.3 is 6.18 Å². The van der Waals surface area contributed by atoms with Crippen LogP contribution < -0.4 is 10.1 Å². The fourth-order valence-corrected chi connectivity index (χ4v) is 4.57. The molecule has 1 aliphatic rings. The third kappa shape index (κ3) is 3.06. The predicted molar refractivity (Wildman–Crippen MR) is 108 cm³/mol. The summed E-state index contributed by atoms with van der Waals surface area (Å²) >= 11 is 0. The van der Waals surface area contributed by atoms with E-state index in [4.69, 9.17) is 4.74 Å². The number of anilines is 1. The fraction of sp³-hybridized carbons (Fsp3) is 0.364. The molecule has 2 unspecified atom stereocenters. The Labute approximate surface area is 171 Å². The highest BCUT2D eigenvalue weighted by atomic mass is 19.4. The van der Waals surface area contributed by atoms with Crippen molar-refractivity contribution in [2.45, 2.75) is 43.5 Å². The minimum Gasteiger partial charge on any atom is -0.496 e. The summed E-state index contributed by atoms with van der Waals surface area (Å²) in [6.45, 7) is 3.38. The molecule has 158 valence electrons. The van der Waals surface area contributed by atoms with Crippen molar-refractivity contribution in [3.63, 3.8) is 0 Å². The van der Waals surface area contributed by atoms with Crippen molar-refractivity contribution in [2.24, 2.45) is 0 Å². The van der Waals surface area contributed by atoms with Gasteiger partial charge in [0.25, 0.3) is 0 Å². The van der Waals surface area contributed by atoms with Gasteiger partial charge in [0.15, 0.2) is 5.60 Å². The number of nitrogens with one attached hydrogen (secondary N) is 1. The van der Waals surface area contributed by atoms with E-state index in [2.05, 4.69) is 15.5 Å². The van der Waals surface area contributed by atoms with Gasteiger partial charge in [0.05, 0.1) is 25.5 Å². The van der Waals surface area contributed by atoms with Gasteiger partial charge in [-0.15, -0.1) is 0 Å². The van der Waals surface area contributed by atoms with Gasteiger partial charge in [0, 0.05) is 22.0 Å². The Kier molecular flexibility index (Phi) is 4.65. The Morgan fingerprint density at radius 2 is 1.80 bits per heavy atom. The minimum absolute atomic E-state index is 0.351. The molecule has 1 aromatic heterocycles. The van der Waals surface area contributed by atoms with Gasteiger partial charge in [-0.05, 0) is 29.5 Å². The highest BCUT2D eigenvalue weighted by molar-refractivity contribution is 5.92. The molecular formula is C22H22F3N3O2. The Balaban J connectivity index is 1.95. The number of methoxy groups -OCH3 is 1. The molecule has 0 amide bonds. The van der Waals surface area contributed by atoms with Crippen LogP contribution in [0.2, 0.25) is 0 Å². The van der Waals surface area contributed by atoms with Crippen molar-refractivity contribution in [3.8, 4) is 5.75 Å². The number of nitrogens with zero attached hydrogens (tertiary/aromatic N) is 2. The first-order valence-electron chi connectivity index (χ1n) is 9.51. The fourth-order valence-electron chi connectivity index (χ4n) is 4.57. The molecule has 4 rings (SSSR count). The quantitative estimate of drug-likeness (QED) is 0.643. The summed E-state index contributed by atoms with van der Waals surface area (Å²) in [5.74, 6) is 0.498. The van der Waals surface area contributed by atoms with E-state index in [0.717, 1.165) is 5.39 Å². The zero-order chi connectivity index (χ0) is 21.7. The molecule has 2 atom stereocenters. The molecule has 0 aliphatic heterocycles. The Hall–Kier alpha value is -2.87. The number of halogens is 3. The van der Waals surface area contributed by atoms with Crippen LogP contribution in [0.1, 0.15) is 37.4 Å². The molecule has 5 nitrogen and oxygen atoms in total. The van der Waals surface area contributed by atoms with Crippen molar-refractivity contribution in [2.75, 3.05) is 12.4 Å². The lowest BCUT2D eigenvalue weighted by Crippen LogP contribution is -2.58. The second kappa shape index (κ2) is 6.84. The topological polar surface area (TPSA) is 67.3 Å². The first-order valence-corrected chi connectivity index (χ1v) is 9.51. The zero-order valence-corrected chi connectivity index (χ0v) is 16.8. The van der Waals surface area contributed by atoms with E-state index >= 15 is 0 Å².